The minimum absolute atomic E-state index is 0.787. The predicted octanol–water partition coefficient (Wildman–Crippen LogP) is 2.69. The molecular weight excluding hydrogens is 164 g/mol. The molecule has 0 spiro atoms. The minimum atomic E-state index is 0.787. The van der Waals surface area contributed by atoms with Gasteiger partial charge in [0.25, 0.3) is 0 Å². The molecule has 0 saturated heterocycles. The van der Waals surface area contributed by atoms with Gasteiger partial charge in [0.05, 0.1) is 0 Å². The molecule has 0 heterocycles. The quantitative estimate of drug-likeness (QED) is 0.496. The van der Waals surface area contributed by atoms with Crippen LogP contribution in [0.25, 0.3) is 0 Å². The lowest BCUT2D eigenvalue weighted by Crippen LogP contribution is -1.72. The van der Waals surface area contributed by atoms with Gasteiger partial charge in [-0.15, -0.1) is 0 Å². The maximum atomic E-state index is 9.83. The van der Waals surface area contributed by atoms with Gasteiger partial charge in [-0.3, -0.25) is 9.59 Å². The Morgan fingerprint density at radius 2 is 1.54 bits per heavy atom. The zero-order chi connectivity index (χ0) is 10.7. The van der Waals surface area contributed by atoms with Gasteiger partial charge in [0, 0.05) is 0 Å². The first-order chi connectivity index (χ1) is 6.12. The molecule has 0 aliphatic heterocycles. The van der Waals surface area contributed by atoms with Crippen molar-refractivity contribution in [1.82, 2.24) is 0 Å². The number of carbonyl (C=O) groups excluding carboxylic acids is 2. The highest BCUT2D eigenvalue weighted by atomic mass is 16.1. The third-order valence-corrected chi connectivity index (χ3v) is 1.35. The molecule has 0 rings (SSSR count). The molecule has 2 nitrogen and oxygen atoms in total. The number of rotatable bonds is 3. The lowest BCUT2D eigenvalue weighted by Gasteiger charge is -1.79. The van der Waals surface area contributed by atoms with E-state index >= 15 is 0 Å². The van der Waals surface area contributed by atoms with Gasteiger partial charge in [0.15, 0.2) is 0 Å². The average Bonchev–Trinajstić information content (AvgIpc) is 2.18. The fourth-order valence-corrected chi connectivity index (χ4v) is 0.438. The highest BCUT2D eigenvalue weighted by molar-refractivity contribution is 5.72. The van der Waals surface area contributed by atoms with E-state index < -0.39 is 0 Å². The van der Waals surface area contributed by atoms with Crippen LogP contribution in [0, 0.1) is 0 Å². The van der Waals surface area contributed by atoms with Crippen molar-refractivity contribution in [2.45, 2.75) is 34.1 Å². The first-order valence-electron chi connectivity index (χ1n) is 4.32. The molecule has 0 aliphatic rings. The molecule has 0 radical (unpaired) electrons. The summed E-state index contributed by atoms with van der Waals surface area (Å²) in [6.45, 7) is 7.42. The Kier molecular flexibility index (Phi) is 11.9. The normalized spacial score (nSPS) is 11.4. The molecule has 2 heteroatoms. The number of hydrogen-bond acceptors (Lipinski definition) is 2. The maximum absolute atomic E-state index is 9.83. The lowest BCUT2D eigenvalue weighted by molar-refractivity contribution is -0.105. The number of allylic oxidation sites excluding steroid dienone is 4. The molecule has 0 aromatic rings. The van der Waals surface area contributed by atoms with Crippen LogP contribution in [-0.4, -0.2) is 12.6 Å². The Hall–Kier alpha value is -1.18. The number of carbonyl (C=O) groups is 2. The van der Waals surface area contributed by atoms with Crippen molar-refractivity contribution in [3.05, 3.63) is 23.3 Å². The van der Waals surface area contributed by atoms with Crippen molar-refractivity contribution in [2.24, 2.45) is 0 Å². The minimum Gasteiger partial charge on any atom is -0.298 e. The van der Waals surface area contributed by atoms with Crippen molar-refractivity contribution < 1.29 is 9.59 Å². The molecule has 0 fully saturated rings. The molecule has 0 amide bonds. The summed E-state index contributed by atoms with van der Waals surface area (Å²) in [6.07, 6.45) is 6.31. The van der Waals surface area contributed by atoms with Crippen LogP contribution in [0.4, 0.5) is 0 Å². The van der Waals surface area contributed by atoms with Crippen LogP contribution in [-0.2, 0) is 9.59 Å². The molecular formula is C11H18O2. The van der Waals surface area contributed by atoms with Gasteiger partial charge >= 0.3 is 0 Å². The Balaban J connectivity index is 0. The number of aldehydes is 2. The molecule has 0 unspecified atom stereocenters. The van der Waals surface area contributed by atoms with E-state index in [1.807, 2.05) is 19.9 Å². The van der Waals surface area contributed by atoms with Crippen molar-refractivity contribution >= 4 is 12.6 Å². The van der Waals surface area contributed by atoms with Gasteiger partial charge in [-0.05, 0) is 38.3 Å². The third-order valence-electron chi connectivity index (χ3n) is 1.35. The maximum Gasteiger partial charge on any atom is 0.145 e. The highest BCUT2D eigenvalue weighted by Gasteiger charge is 1.76. The largest absolute Gasteiger partial charge is 0.298 e. The number of hydrogen-bond donors (Lipinski definition) is 0. The van der Waals surface area contributed by atoms with E-state index in [0.717, 1.165) is 30.1 Å². The summed E-state index contributed by atoms with van der Waals surface area (Å²) in [7, 11) is 0. The van der Waals surface area contributed by atoms with Crippen molar-refractivity contribution in [1.29, 1.82) is 0 Å². The molecule has 0 N–H and O–H groups in total. The van der Waals surface area contributed by atoms with Gasteiger partial charge in [-0.2, -0.15) is 0 Å². The summed E-state index contributed by atoms with van der Waals surface area (Å²) in [5.41, 5.74) is 1.61. The second-order valence-corrected chi connectivity index (χ2v) is 2.62. The van der Waals surface area contributed by atoms with Gasteiger partial charge in [-0.1, -0.05) is 19.1 Å². The third kappa shape index (κ3) is 13.8. The van der Waals surface area contributed by atoms with Gasteiger partial charge in [0.1, 0.15) is 12.6 Å². The summed E-state index contributed by atoms with van der Waals surface area (Å²) >= 11 is 0. The first kappa shape index (κ1) is 14.3. The van der Waals surface area contributed by atoms with E-state index in [1.165, 1.54) is 0 Å². The van der Waals surface area contributed by atoms with E-state index in [2.05, 4.69) is 0 Å². The van der Waals surface area contributed by atoms with Crippen LogP contribution in [0.15, 0.2) is 23.3 Å². The first-order valence-corrected chi connectivity index (χ1v) is 4.32. The van der Waals surface area contributed by atoms with Crippen LogP contribution < -0.4 is 0 Å². The zero-order valence-electron chi connectivity index (χ0n) is 8.83. The van der Waals surface area contributed by atoms with Gasteiger partial charge in [-0.25, -0.2) is 0 Å². The molecule has 0 atom stereocenters. The molecule has 0 aliphatic carbocycles. The van der Waals surface area contributed by atoms with Crippen LogP contribution in [0.3, 0.4) is 0 Å². The Morgan fingerprint density at radius 3 is 1.62 bits per heavy atom. The van der Waals surface area contributed by atoms with Gasteiger partial charge in [0.2, 0.25) is 0 Å². The van der Waals surface area contributed by atoms with Crippen LogP contribution in [0.5, 0.6) is 0 Å². The van der Waals surface area contributed by atoms with Crippen LogP contribution >= 0.6 is 0 Å². The van der Waals surface area contributed by atoms with Crippen molar-refractivity contribution in [2.75, 3.05) is 0 Å². The smallest absolute Gasteiger partial charge is 0.145 e. The van der Waals surface area contributed by atoms with Crippen molar-refractivity contribution in [3.63, 3.8) is 0 Å². The van der Waals surface area contributed by atoms with Gasteiger partial charge < -0.3 is 0 Å². The molecule has 74 valence electrons. The summed E-state index contributed by atoms with van der Waals surface area (Å²) in [5.74, 6) is 0. The zero-order valence-corrected chi connectivity index (χ0v) is 8.83. The van der Waals surface area contributed by atoms with Crippen LogP contribution in [0.1, 0.15) is 34.1 Å². The second kappa shape index (κ2) is 10.8. The molecule has 0 aromatic heterocycles. The second-order valence-electron chi connectivity index (χ2n) is 2.62. The fraction of sp³-hybridized carbons (Fsp3) is 0.455. The monoisotopic (exact) mass is 182 g/mol. The van der Waals surface area contributed by atoms with E-state index in [0.29, 0.717) is 0 Å². The summed E-state index contributed by atoms with van der Waals surface area (Å²) in [4.78, 5) is 19.5. The predicted molar refractivity (Wildman–Crippen MR) is 55.6 cm³/mol. The van der Waals surface area contributed by atoms with E-state index in [9.17, 15) is 9.59 Å². The Morgan fingerprint density at radius 1 is 1.08 bits per heavy atom. The van der Waals surface area contributed by atoms with Crippen LogP contribution in [0.2, 0.25) is 0 Å². The van der Waals surface area contributed by atoms with E-state index in [4.69, 9.17) is 0 Å². The highest BCUT2D eigenvalue weighted by Crippen LogP contribution is 1.87. The summed E-state index contributed by atoms with van der Waals surface area (Å²) < 4.78 is 0. The standard InChI is InChI=1S/C6H10O.C5H8O/c1-3-4-6(2)5-7;1-3-5(2)4-6/h4-5H,3H2,1-2H3;3-4H,1-2H3. The summed E-state index contributed by atoms with van der Waals surface area (Å²) in [5, 5.41) is 0. The fourth-order valence-electron chi connectivity index (χ4n) is 0.438. The topological polar surface area (TPSA) is 34.1 Å². The summed E-state index contributed by atoms with van der Waals surface area (Å²) in [6, 6.07) is 0. The lowest BCUT2D eigenvalue weighted by atomic mass is 10.3. The Bertz CT molecular complexity index is 200. The Labute approximate surface area is 80.3 Å². The van der Waals surface area contributed by atoms with E-state index in [-0.39, 0.29) is 0 Å². The molecule has 13 heavy (non-hydrogen) atoms. The van der Waals surface area contributed by atoms with Crippen molar-refractivity contribution in [3.8, 4) is 0 Å². The SMILES string of the molecule is CC=C(C)C=O.CCC=C(C)C=O. The molecule has 0 saturated carbocycles. The molecule has 0 bridgehead atoms. The average molecular weight is 182 g/mol. The molecule has 0 aromatic carbocycles. The van der Waals surface area contributed by atoms with E-state index in [1.54, 1.807) is 19.9 Å².